The third kappa shape index (κ3) is 3.11. The maximum absolute atomic E-state index is 12.1. The topological polar surface area (TPSA) is 92.5 Å². The van der Waals surface area contributed by atoms with Gasteiger partial charge in [-0.05, 0) is 31.1 Å². The SMILES string of the molecule is CS(=O)(=O)NC1CC2(CCN(C(=O)c3ccno3)CC2)C1. The van der Waals surface area contributed by atoms with Crippen molar-refractivity contribution in [1.82, 2.24) is 14.8 Å². The summed E-state index contributed by atoms with van der Waals surface area (Å²) in [7, 11) is -3.13. The lowest BCUT2D eigenvalue weighted by molar-refractivity contribution is 0.0122. The molecule has 0 atom stereocenters. The van der Waals surface area contributed by atoms with Gasteiger partial charge in [-0.2, -0.15) is 0 Å². The first-order valence-electron chi connectivity index (χ1n) is 7.04. The summed E-state index contributed by atoms with van der Waals surface area (Å²) >= 11 is 0. The van der Waals surface area contributed by atoms with E-state index in [4.69, 9.17) is 4.52 Å². The highest BCUT2D eigenvalue weighted by Gasteiger charge is 2.47. The highest BCUT2D eigenvalue weighted by molar-refractivity contribution is 7.88. The largest absolute Gasteiger partial charge is 0.351 e. The number of nitrogens with zero attached hydrogens (tertiary/aromatic N) is 2. The third-order valence-electron chi connectivity index (χ3n) is 4.50. The van der Waals surface area contributed by atoms with Crippen molar-refractivity contribution in [3.63, 3.8) is 0 Å². The molecule has 2 fully saturated rings. The minimum absolute atomic E-state index is 0.0523. The Hall–Kier alpha value is -1.41. The van der Waals surface area contributed by atoms with Gasteiger partial charge in [-0.3, -0.25) is 4.79 Å². The van der Waals surface area contributed by atoms with E-state index in [0.717, 1.165) is 25.7 Å². The Morgan fingerprint density at radius 2 is 2.10 bits per heavy atom. The van der Waals surface area contributed by atoms with E-state index in [1.807, 2.05) is 0 Å². The lowest BCUT2D eigenvalue weighted by Gasteiger charge is -2.52. The standard InChI is InChI=1S/C13H19N3O4S/c1-21(18,19)15-10-8-13(9-10)3-6-16(7-4-13)12(17)11-2-5-14-20-11/h2,5,10,15H,3-4,6-9H2,1H3. The van der Waals surface area contributed by atoms with Gasteiger partial charge in [0.2, 0.25) is 15.8 Å². The van der Waals surface area contributed by atoms with Crippen LogP contribution in [0, 0.1) is 5.41 Å². The van der Waals surface area contributed by atoms with Crippen LogP contribution in [0.25, 0.3) is 0 Å². The summed E-state index contributed by atoms with van der Waals surface area (Å²) in [5.41, 5.74) is 0.195. The smallest absolute Gasteiger partial charge is 0.292 e. The second-order valence-corrected chi connectivity index (χ2v) is 7.94. The fourth-order valence-electron chi connectivity index (χ4n) is 3.45. The van der Waals surface area contributed by atoms with Crippen molar-refractivity contribution in [2.45, 2.75) is 31.7 Å². The predicted octanol–water partition coefficient (Wildman–Crippen LogP) is 0.609. The number of amides is 1. The summed E-state index contributed by atoms with van der Waals surface area (Å²) in [6, 6.07) is 1.62. The summed E-state index contributed by atoms with van der Waals surface area (Å²) in [6.45, 7) is 1.37. The molecule has 0 radical (unpaired) electrons. The van der Waals surface area contributed by atoms with E-state index in [2.05, 4.69) is 9.88 Å². The normalized spacial score (nSPS) is 22.2. The Morgan fingerprint density at radius 1 is 1.43 bits per heavy atom. The maximum atomic E-state index is 12.1. The number of piperidine rings is 1. The molecule has 1 N–H and O–H groups in total. The zero-order valence-electron chi connectivity index (χ0n) is 11.9. The van der Waals surface area contributed by atoms with Crippen LogP contribution in [0.15, 0.2) is 16.8 Å². The fourth-order valence-corrected chi connectivity index (χ4v) is 4.22. The molecule has 1 aromatic rings. The van der Waals surface area contributed by atoms with Crippen molar-refractivity contribution in [2.75, 3.05) is 19.3 Å². The van der Waals surface area contributed by atoms with Crippen LogP contribution in [0.5, 0.6) is 0 Å². The van der Waals surface area contributed by atoms with Crippen LogP contribution < -0.4 is 4.72 Å². The molecule has 1 saturated carbocycles. The molecule has 1 amide bonds. The second kappa shape index (κ2) is 5.10. The molecular weight excluding hydrogens is 294 g/mol. The molecule has 1 aromatic heterocycles. The number of nitrogens with one attached hydrogen (secondary N) is 1. The van der Waals surface area contributed by atoms with Crippen molar-refractivity contribution < 1.29 is 17.7 Å². The highest BCUT2D eigenvalue weighted by atomic mass is 32.2. The van der Waals surface area contributed by atoms with E-state index >= 15 is 0 Å². The Bertz CT molecular complexity index is 610. The van der Waals surface area contributed by atoms with Crippen LogP contribution >= 0.6 is 0 Å². The molecule has 7 nitrogen and oxygen atoms in total. The van der Waals surface area contributed by atoms with Gasteiger partial charge in [-0.1, -0.05) is 5.16 Å². The van der Waals surface area contributed by atoms with Crippen molar-refractivity contribution >= 4 is 15.9 Å². The molecule has 21 heavy (non-hydrogen) atoms. The zero-order chi connectivity index (χ0) is 15.1. The maximum Gasteiger partial charge on any atom is 0.292 e. The van der Waals surface area contributed by atoms with E-state index in [0.29, 0.717) is 13.1 Å². The summed E-state index contributed by atoms with van der Waals surface area (Å²) < 4.78 is 29.9. The molecule has 1 aliphatic heterocycles. The Labute approximate surface area is 123 Å². The Morgan fingerprint density at radius 3 is 2.62 bits per heavy atom. The molecule has 2 aliphatic rings. The van der Waals surface area contributed by atoms with E-state index in [1.165, 1.54) is 12.5 Å². The van der Waals surface area contributed by atoms with Crippen LogP contribution in [0.4, 0.5) is 0 Å². The number of likely N-dealkylation sites (tertiary alicyclic amines) is 1. The van der Waals surface area contributed by atoms with Crippen molar-refractivity contribution in [3.8, 4) is 0 Å². The van der Waals surface area contributed by atoms with Gasteiger partial charge in [0, 0.05) is 25.2 Å². The van der Waals surface area contributed by atoms with E-state index in [9.17, 15) is 13.2 Å². The van der Waals surface area contributed by atoms with E-state index < -0.39 is 10.0 Å². The van der Waals surface area contributed by atoms with Gasteiger partial charge < -0.3 is 9.42 Å². The van der Waals surface area contributed by atoms with Gasteiger partial charge in [0.1, 0.15) is 0 Å². The molecule has 0 bridgehead atoms. The number of hydrogen-bond acceptors (Lipinski definition) is 5. The average molecular weight is 313 g/mol. The van der Waals surface area contributed by atoms with Gasteiger partial charge in [-0.25, -0.2) is 13.1 Å². The van der Waals surface area contributed by atoms with Gasteiger partial charge in [0.05, 0.1) is 12.5 Å². The second-order valence-electron chi connectivity index (χ2n) is 6.16. The molecule has 0 unspecified atom stereocenters. The van der Waals surface area contributed by atoms with E-state index in [-0.39, 0.29) is 23.1 Å². The average Bonchev–Trinajstić information content (AvgIpc) is 2.89. The highest BCUT2D eigenvalue weighted by Crippen LogP contribution is 2.49. The number of carbonyl (C=O) groups excluding carboxylic acids is 1. The van der Waals surface area contributed by atoms with Crippen LogP contribution in [-0.4, -0.2) is 49.8 Å². The lowest BCUT2D eigenvalue weighted by Crippen LogP contribution is -2.55. The zero-order valence-corrected chi connectivity index (χ0v) is 12.7. The van der Waals surface area contributed by atoms with Crippen molar-refractivity contribution in [2.24, 2.45) is 5.41 Å². The third-order valence-corrected chi connectivity index (χ3v) is 5.26. The molecule has 0 aromatic carbocycles. The summed E-state index contributed by atoms with van der Waals surface area (Å²) in [5, 5.41) is 3.55. The summed E-state index contributed by atoms with van der Waals surface area (Å²) in [6.07, 6.45) is 6.21. The quantitative estimate of drug-likeness (QED) is 0.882. The minimum atomic E-state index is -3.13. The molecular formula is C13H19N3O4S. The predicted molar refractivity (Wildman–Crippen MR) is 75.1 cm³/mol. The summed E-state index contributed by atoms with van der Waals surface area (Å²) in [4.78, 5) is 13.9. The molecule has 1 saturated heterocycles. The number of hydrogen-bond donors (Lipinski definition) is 1. The van der Waals surface area contributed by atoms with Gasteiger partial charge in [0.15, 0.2) is 0 Å². The lowest BCUT2D eigenvalue weighted by atomic mass is 9.60. The summed E-state index contributed by atoms with van der Waals surface area (Å²) in [5.74, 6) is 0.156. The fraction of sp³-hybridized carbons (Fsp3) is 0.692. The minimum Gasteiger partial charge on any atom is -0.351 e. The van der Waals surface area contributed by atoms with Crippen LogP contribution in [0.3, 0.4) is 0 Å². The molecule has 1 spiro atoms. The number of rotatable bonds is 3. The van der Waals surface area contributed by atoms with E-state index in [1.54, 1.807) is 11.0 Å². The van der Waals surface area contributed by atoms with Gasteiger partial charge in [-0.15, -0.1) is 0 Å². The molecule has 1 aliphatic carbocycles. The first-order valence-corrected chi connectivity index (χ1v) is 8.93. The van der Waals surface area contributed by atoms with Gasteiger partial charge in [0.25, 0.3) is 5.91 Å². The van der Waals surface area contributed by atoms with Crippen LogP contribution in [-0.2, 0) is 10.0 Å². The van der Waals surface area contributed by atoms with Crippen molar-refractivity contribution in [3.05, 3.63) is 18.0 Å². The first kappa shape index (κ1) is 14.5. The first-order chi connectivity index (χ1) is 9.87. The molecule has 116 valence electrons. The van der Waals surface area contributed by atoms with Crippen LogP contribution in [0.2, 0.25) is 0 Å². The van der Waals surface area contributed by atoms with Crippen LogP contribution in [0.1, 0.15) is 36.2 Å². The van der Waals surface area contributed by atoms with Crippen molar-refractivity contribution in [1.29, 1.82) is 0 Å². The monoisotopic (exact) mass is 313 g/mol. The Kier molecular flexibility index (Phi) is 3.53. The Balaban J connectivity index is 1.52. The number of sulfonamides is 1. The molecule has 3 rings (SSSR count). The molecule has 8 heteroatoms. The molecule has 2 heterocycles. The van der Waals surface area contributed by atoms with Gasteiger partial charge >= 0.3 is 0 Å². The number of carbonyl (C=O) groups is 1. The number of aromatic nitrogens is 1.